The van der Waals surface area contributed by atoms with E-state index in [2.05, 4.69) is 10.3 Å². The van der Waals surface area contributed by atoms with Crippen molar-refractivity contribution in [1.29, 1.82) is 0 Å². The third kappa shape index (κ3) is 4.09. The van der Waals surface area contributed by atoms with Crippen LogP contribution in [0.4, 0.5) is 15.6 Å². The third-order valence-electron chi connectivity index (χ3n) is 2.44. The molecule has 0 saturated carbocycles. The van der Waals surface area contributed by atoms with Crippen LogP contribution in [0.2, 0.25) is 0 Å². The van der Waals surface area contributed by atoms with E-state index >= 15 is 0 Å². The molecule has 0 spiro atoms. The van der Waals surface area contributed by atoms with E-state index in [0.717, 1.165) is 0 Å². The molecule has 0 aliphatic heterocycles. The van der Waals surface area contributed by atoms with Gasteiger partial charge in [0, 0.05) is 22.7 Å². The molecule has 0 saturated heterocycles. The average Bonchev–Trinajstić information content (AvgIpc) is 2.73. The average molecular weight is 307 g/mol. The maximum atomic E-state index is 11.7. The lowest BCUT2D eigenvalue weighted by Gasteiger charge is -2.19. The summed E-state index contributed by atoms with van der Waals surface area (Å²) in [6.07, 6.45) is -0.576. The SMILES string of the molecule is CC(C)(C)OC(=O)Nc1ccc(-c2csc(N)n2)c(O)c1. The Morgan fingerprint density at radius 3 is 2.67 bits per heavy atom. The molecule has 1 aromatic heterocycles. The highest BCUT2D eigenvalue weighted by Crippen LogP contribution is 2.32. The number of benzene rings is 1. The highest BCUT2D eigenvalue weighted by Gasteiger charge is 2.17. The van der Waals surface area contributed by atoms with Crippen molar-refractivity contribution in [3.8, 4) is 17.0 Å². The first-order valence-corrected chi connectivity index (χ1v) is 7.17. The van der Waals surface area contributed by atoms with Crippen LogP contribution >= 0.6 is 11.3 Å². The molecule has 112 valence electrons. The van der Waals surface area contributed by atoms with Crippen LogP contribution in [0, 0.1) is 0 Å². The minimum Gasteiger partial charge on any atom is -0.507 e. The number of nitrogens with zero attached hydrogens (tertiary/aromatic N) is 1. The maximum Gasteiger partial charge on any atom is 0.412 e. The lowest BCUT2D eigenvalue weighted by molar-refractivity contribution is 0.0636. The summed E-state index contributed by atoms with van der Waals surface area (Å²) in [5.41, 5.74) is 6.58. The summed E-state index contributed by atoms with van der Waals surface area (Å²) in [7, 11) is 0. The molecule has 2 rings (SSSR count). The number of carbonyl (C=O) groups excluding carboxylic acids is 1. The number of nitrogens with one attached hydrogen (secondary N) is 1. The lowest BCUT2D eigenvalue weighted by Crippen LogP contribution is -2.27. The Bertz CT molecular complexity index is 662. The highest BCUT2D eigenvalue weighted by atomic mass is 32.1. The summed E-state index contributed by atoms with van der Waals surface area (Å²) in [5, 5.41) is 14.8. The van der Waals surface area contributed by atoms with Gasteiger partial charge in [-0.15, -0.1) is 11.3 Å². The lowest BCUT2D eigenvalue weighted by atomic mass is 10.1. The van der Waals surface area contributed by atoms with Crippen molar-refractivity contribution >= 4 is 28.2 Å². The number of phenolic OH excluding ortho intramolecular Hbond substituents is 1. The first-order chi connectivity index (χ1) is 9.74. The summed E-state index contributed by atoms with van der Waals surface area (Å²) in [6, 6.07) is 4.76. The molecule has 2 aromatic rings. The van der Waals surface area contributed by atoms with Crippen molar-refractivity contribution in [2.75, 3.05) is 11.1 Å². The normalized spacial score (nSPS) is 11.2. The van der Waals surface area contributed by atoms with Crippen molar-refractivity contribution in [3.63, 3.8) is 0 Å². The van der Waals surface area contributed by atoms with Crippen molar-refractivity contribution in [1.82, 2.24) is 4.98 Å². The number of anilines is 2. The van der Waals surface area contributed by atoms with Gasteiger partial charge in [-0.1, -0.05) is 0 Å². The van der Waals surface area contributed by atoms with E-state index in [1.165, 1.54) is 17.4 Å². The number of aromatic nitrogens is 1. The zero-order valence-corrected chi connectivity index (χ0v) is 12.8. The molecule has 0 aliphatic rings. The molecule has 0 radical (unpaired) electrons. The Balaban J connectivity index is 2.14. The van der Waals surface area contributed by atoms with E-state index in [4.69, 9.17) is 10.5 Å². The number of rotatable bonds is 2. The molecule has 4 N–H and O–H groups in total. The first-order valence-electron chi connectivity index (χ1n) is 6.29. The van der Waals surface area contributed by atoms with E-state index in [9.17, 15) is 9.90 Å². The number of amides is 1. The van der Waals surface area contributed by atoms with Gasteiger partial charge in [-0.3, -0.25) is 5.32 Å². The molecule has 0 unspecified atom stereocenters. The predicted octanol–water partition coefficient (Wildman–Crippen LogP) is 3.44. The molecular weight excluding hydrogens is 290 g/mol. The number of nitrogen functional groups attached to an aromatic ring is 1. The molecule has 1 amide bonds. The van der Waals surface area contributed by atoms with Crippen LogP contribution in [0.1, 0.15) is 20.8 Å². The number of thiazole rings is 1. The van der Waals surface area contributed by atoms with Gasteiger partial charge in [-0.05, 0) is 32.9 Å². The summed E-state index contributed by atoms with van der Waals surface area (Å²) in [6.45, 7) is 5.33. The number of aromatic hydroxyl groups is 1. The summed E-state index contributed by atoms with van der Waals surface area (Å²) in [4.78, 5) is 15.8. The molecule has 7 heteroatoms. The van der Waals surface area contributed by atoms with E-state index in [-0.39, 0.29) is 5.75 Å². The van der Waals surface area contributed by atoms with Crippen molar-refractivity contribution < 1.29 is 14.6 Å². The summed E-state index contributed by atoms with van der Waals surface area (Å²) in [5.74, 6) is 0.00820. The second-order valence-electron chi connectivity index (χ2n) is 5.43. The number of phenols is 1. The smallest absolute Gasteiger partial charge is 0.412 e. The fourth-order valence-corrected chi connectivity index (χ4v) is 2.22. The van der Waals surface area contributed by atoms with Crippen LogP contribution in [0.5, 0.6) is 5.75 Å². The first kappa shape index (κ1) is 15.1. The van der Waals surface area contributed by atoms with Gasteiger partial charge in [0.25, 0.3) is 0 Å². The quantitative estimate of drug-likeness (QED) is 0.789. The van der Waals surface area contributed by atoms with Crippen LogP contribution in [0.25, 0.3) is 11.3 Å². The van der Waals surface area contributed by atoms with E-state index < -0.39 is 11.7 Å². The predicted molar refractivity (Wildman–Crippen MR) is 83.5 cm³/mol. The van der Waals surface area contributed by atoms with E-state index in [1.807, 2.05) is 0 Å². The second kappa shape index (κ2) is 5.61. The molecule has 0 bridgehead atoms. The van der Waals surface area contributed by atoms with E-state index in [1.54, 1.807) is 38.3 Å². The van der Waals surface area contributed by atoms with Crippen LogP contribution in [0.15, 0.2) is 23.6 Å². The molecular formula is C14H17N3O3S. The number of carbonyl (C=O) groups is 1. The minimum atomic E-state index is -0.579. The van der Waals surface area contributed by atoms with Crippen molar-refractivity contribution in [2.45, 2.75) is 26.4 Å². The molecule has 21 heavy (non-hydrogen) atoms. The molecule has 1 aromatic carbocycles. The standard InChI is InChI=1S/C14H17N3O3S/c1-14(2,3)20-13(19)16-8-4-5-9(11(18)6-8)10-7-21-12(15)17-10/h4-7,18H,1-3H3,(H2,15,17)(H,16,19). The fraction of sp³-hybridized carbons (Fsp3) is 0.286. The highest BCUT2D eigenvalue weighted by molar-refractivity contribution is 7.13. The van der Waals surface area contributed by atoms with Gasteiger partial charge in [0.2, 0.25) is 0 Å². The van der Waals surface area contributed by atoms with Crippen molar-refractivity contribution in [2.24, 2.45) is 0 Å². The Morgan fingerprint density at radius 1 is 1.43 bits per heavy atom. The van der Waals surface area contributed by atoms with Crippen LogP contribution in [0.3, 0.4) is 0 Å². The van der Waals surface area contributed by atoms with Gasteiger partial charge in [-0.2, -0.15) is 0 Å². The third-order valence-corrected chi connectivity index (χ3v) is 3.11. The minimum absolute atomic E-state index is 0.00820. The Hall–Kier alpha value is -2.28. The van der Waals surface area contributed by atoms with Gasteiger partial charge in [0.1, 0.15) is 11.4 Å². The Morgan fingerprint density at radius 2 is 2.14 bits per heavy atom. The van der Waals surface area contributed by atoms with Gasteiger partial charge < -0.3 is 15.6 Å². The van der Waals surface area contributed by atoms with Gasteiger partial charge in [0.05, 0.1) is 5.69 Å². The number of hydrogen-bond donors (Lipinski definition) is 3. The molecule has 0 aliphatic carbocycles. The summed E-state index contributed by atoms with van der Waals surface area (Å²) < 4.78 is 5.14. The molecule has 0 fully saturated rings. The second-order valence-corrected chi connectivity index (χ2v) is 6.32. The monoisotopic (exact) mass is 307 g/mol. The Kier molecular flexibility index (Phi) is 4.04. The van der Waals surface area contributed by atoms with Gasteiger partial charge in [0.15, 0.2) is 5.13 Å². The zero-order valence-electron chi connectivity index (χ0n) is 12.0. The molecule has 0 atom stereocenters. The fourth-order valence-electron chi connectivity index (χ4n) is 1.66. The van der Waals surface area contributed by atoms with Gasteiger partial charge in [-0.25, -0.2) is 9.78 Å². The number of ether oxygens (including phenoxy) is 1. The van der Waals surface area contributed by atoms with Crippen LogP contribution < -0.4 is 11.1 Å². The van der Waals surface area contributed by atoms with Gasteiger partial charge >= 0.3 is 6.09 Å². The van der Waals surface area contributed by atoms with E-state index in [0.29, 0.717) is 22.1 Å². The van der Waals surface area contributed by atoms with Crippen LogP contribution in [-0.2, 0) is 4.74 Å². The van der Waals surface area contributed by atoms with Crippen LogP contribution in [-0.4, -0.2) is 21.8 Å². The molecule has 6 nitrogen and oxygen atoms in total. The zero-order chi connectivity index (χ0) is 15.6. The topological polar surface area (TPSA) is 97.5 Å². The summed E-state index contributed by atoms with van der Waals surface area (Å²) >= 11 is 1.29. The molecule has 1 heterocycles. The Labute approximate surface area is 126 Å². The van der Waals surface area contributed by atoms with Crippen molar-refractivity contribution in [3.05, 3.63) is 23.6 Å². The maximum absolute atomic E-state index is 11.7. The largest absolute Gasteiger partial charge is 0.507 e. The number of hydrogen-bond acceptors (Lipinski definition) is 6. The number of nitrogens with two attached hydrogens (primary N) is 1.